The van der Waals surface area contributed by atoms with Crippen molar-refractivity contribution in [3.05, 3.63) is 42.2 Å². The van der Waals surface area contributed by atoms with Crippen molar-refractivity contribution in [2.24, 2.45) is 0 Å². The maximum absolute atomic E-state index is 10.3. The van der Waals surface area contributed by atoms with Crippen molar-refractivity contribution >= 4 is 21.8 Å². The molecule has 0 saturated heterocycles. The first-order valence-corrected chi connectivity index (χ1v) is 7.09. The maximum Gasteiger partial charge on any atom is 0.133 e. The van der Waals surface area contributed by atoms with Crippen LogP contribution in [-0.4, -0.2) is 26.8 Å². The molecule has 1 aliphatic rings. The molecule has 0 radical (unpaired) electrons. The van der Waals surface area contributed by atoms with Crippen molar-refractivity contribution in [2.45, 2.75) is 32.0 Å². The topological polar surface area (TPSA) is 55.2 Å². The number of hydrogen-bond donors (Lipinski definition) is 1. The minimum atomic E-state index is -0.894. The number of aromatic nitrogens is 2. The third kappa shape index (κ3) is 1.79. The van der Waals surface area contributed by atoms with E-state index in [2.05, 4.69) is 9.97 Å². The minimum absolute atomic E-state index is 0.261. The average molecular weight is 280 g/mol. The van der Waals surface area contributed by atoms with Crippen LogP contribution in [-0.2, 0) is 6.42 Å². The van der Waals surface area contributed by atoms with Gasteiger partial charge in [-0.1, -0.05) is 24.3 Å². The second-order valence-electron chi connectivity index (χ2n) is 6.07. The monoisotopic (exact) mass is 280 g/mol. The van der Waals surface area contributed by atoms with Crippen LogP contribution in [0.2, 0.25) is 0 Å². The van der Waals surface area contributed by atoms with Crippen LogP contribution in [0.1, 0.15) is 19.4 Å². The maximum atomic E-state index is 10.3. The van der Waals surface area contributed by atoms with Gasteiger partial charge in [0.25, 0.3) is 0 Å². The molecule has 1 unspecified atom stereocenters. The Morgan fingerprint density at radius 3 is 2.48 bits per heavy atom. The Morgan fingerprint density at radius 2 is 1.76 bits per heavy atom. The summed E-state index contributed by atoms with van der Waals surface area (Å²) in [4.78, 5) is 8.99. The third-order valence-corrected chi connectivity index (χ3v) is 4.12. The smallest absolute Gasteiger partial charge is 0.133 e. The Balaban J connectivity index is 2.07. The lowest BCUT2D eigenvalue weighted by Gasteiger charge is -2.24. The van der Waals surface area contributed by atoms with Crippen LogP contribution < -0.4 is 4.74 Å². The van der Waals surface area contributed by atoms with Crippen molar-refractivity contribution in [1.82, 2.24) is 9.97 Å². The Hall–Kier alpha value is -2.20. The quantitative estimate of drug-likeness (QED) is 0.696. The second kappa shape index (κ2) is 4.15. The second-order valence-corrected chi connectivity index (χ2v) is 6.07. The van der Waals surface area contributed by atoms with E-state index in [0.29, 0.717) is 6.42 Å². The number of rotatable bonds is 1. The first kappa shape index (κ1) is 12.5. The number of fused-ring (bicyclic) bond motifs is 6. The van der Waals surface area contributed by atoms with Gasteiger partial charge < -0.3 is 9.84 Å². The summed E-state index contributed by atoms with van der Waals surface area (Å²) in [5.41, 5.74) is 1.92. The summed E-state index contributed by atoms with van der Waals surface area (Å²) in [6.45, 7) is 3.55. The zero-order valence-electron chi connectivity index (χ0n) is 12.0. The van der Waals surface area contributed by atoms with Crippen LogP contribution in [0.4, 0.5) is 0 Å². The standard InChI is InChI=1S/C17H16N2O2/c1-17(2,20)13-9-12-15-14(18-7-8-19-15)10-5-3-4-6-11(10)16(12)21-13/h3-8,13,20H,9H2,1-2H3. The molecule has 4 rings (SSSR count). The van der Waals surface area contributed by atoms with E-state index in [1.165, 1.54) is 0 Å². The molecule has 0 fully saturated rings. The molecule has 1 aliphatic heterocycles. The van der Waals surface area contributed by atoms with Gasteiger partial charge >= 0.3 is 0 Å². The molecule has 0 amide bonds. The predicted octanol–water partition coefficient (Wildman–Crippen LogP) is 2.86. The van der Waals surface area contributed by atoms with E-state index in [-0.39, 0.29) is 6.10 Å². The van der Waals surface area contributed by atoms with E-state index in [1.54, 1.807) is 26.2 Å². The Labute approximate surface area is 122 Å². The van der Waals surface area contributed by atoms with E-state index in [1.807, 2.05) is 24.3 Å². The lowest BCUT2D eigenvalue weighted by Crippen LogP contribution is -2.39. The molecule has 0 aliphatic carbocycles. The highest BCUT2D eigenvalue weighted by atomic mass is 16.5. The fraction of sp³-hybridized carbons (Fsp3) is 0.294. The van der Waals surface area contributed by atoms with Gasteiger partial charge in [0.2, 0.25) is 0 Å². The van der Waals surface area contributed by atoms with Gasteiger partial charge in [0, 0.05) is 35.2 Å². The van der Waals surface area contributed by atoms with Gasteiger partial charge in [-0.15, -0.1) is 0 Å². The van der Waals surface area contributed by atoms with Crippen LogP contribution in [0, 0.1) is 0 Å². The van der Waals surface area contributed by atoms with Gasteiger partial charge in [0.05, 0.1) is 16.6 Å². The van der Waals surface area contributed by atoms with Crippen LogP contribution in [0.5, 0.6) is 5.75 Å². The third-order valence-electron chi connectivity index (χ3n) is 4.12. The van der Waals surface area contributed by atoms with E-state index in [0.717, 1.165) is 33.1 Å². The zero-order valence-corrected chi connectivity index (χ0v) is 12.0. The molecule has 0 saturated carbocycles. The predicted molar refractivity (Wildman–Crippen MR) is 81.5 cm³/mol. The summed E-state index contributed by atoms with van der Waals surface area (Å²) in [6, 6.07) is 8.05. The average Bonchev–Trinajstić information content (AvgIpc) is 2.93. The van der Waals surface area contributed by atoms with Gasteiger partial charge in [0.1, 0.15) is 11.9 Å². The largest absolute Gasteiger partial charge is 0.486 e. The van der Waals surface area contributed by atoms with E-state index >= 15 is 0 Å². The first-order chi connectivity index (χ1) is 10.1. The fourth-order valence-corrected chi connectivity index (χ4v) is 3.00. The van der Waals surface area contributed by atoms with Crippen molar-refractivity contribution in [2.75, 3.05) is 0 Å². The molecule has 3 aromatic rings. The number of nitrogens with zero attached hydrogens (tertiary/aromatic N) is 2. The molecule has 1 aromatic heterocycles. The first-order valence-electron chi connectivity index (χ1n) is 7.09. The summed E-state index contributed by atoms with van der Waals surface area (Å²) in [5, 5.41) is 12.3. The molecule has 21 heavy (non-hydrogen) atoms. The van der Waals surface area contributed by atoms with Crippen molar-refractivity contribution in [3.63, 3.8) is 0 Å². The fourth-order valence-electron chi connectivity index (χ4n) is 3.00. The molecular weight excluding hydrogens is 264 g/mol. The number of hydrogen-bond acceptors (Lipinski definition) is 4. The molecule has 2 aromatic carbocycles. The normalized spacial score (nSPS) is 18.0. The summed E-state index contributed by atoms with van der Waals surface area (Å²) in [6.07, 6.45) is 3.81. The van der Waals surface area contributed by atoms with E-state index in [4.69, 9.17) is 4.74 Å². The Kier molecular flexibility index (Phi) is 2.48. The van der Waals surface area contributed by atoms with Gasteiger partial charge in [0.15, 0.2) is 0 Å². The van der Waals surface area contributed by atoms with Crippen molar-refractivity contribution in [1.29, 1.82) is 0 Å². The van der Waals surface area contributed by atoms with Crippen LogP contribution in [0.15, 0.2) is 36.7 Å². The molecule has 1 N–H and O–H groups in total. The zero-order chi connectivity index (χ0) is 14.6. The van der Waals surface area contributed by atoms with E-state index in [9.17, 15) is 5.11 Å². The molecule has 1 atom stereocenters. The van der Waals surface area contributed by atoms with Gasteiger partial charge in [-0.05, 0) is 13.8 Å². The molecular formula is C17H16N2O2. The number of benzene rings is 2. The molecule has 2 heterocycles. The molecule has 4 heteroatoms. The van der Waals surface area contributed by atoms with Gasteiger partial charge in [-0.3, -0.25) is 9.97 Å². The van der Waals surface area contributed by atoms with Crippen LogP contribution in [0.25, 0.3) is 21.8 Å². The Bertz CT molecular complexity index is 788. The van der Waals surface area contributed by atoms with Crippen molar-refractivity contribution in [3.8, 4) is 5.75 Å². The lowest BCUT2D eigenvalue weighted by molar-refractivity contribution is -0.0224. The summed E-state index contributed by atoms with van der Waals surface area (Å²) in [5.74, 6) is 0.839. The lowest BCUT2D eigenvalue weighted by atomic mass is 9.95. The SMILES string of the molecule is CC(C)(O)C1Cc2c(c3ccccc3c3nccnc23)O1. The van der Waals surface area contributed by atoms with Crippen LogP contribution >= 0.6 is 0 Å². The highest BCUT2D eigenvalue weighted by Gasteiger charge is 2.37. The highest BCUT2D eigenvalue weighted by molar-refractivity contribution is 6.09. The summed E-state index contributed by atoms with van der Waals surface area (Å²) < 4.78 is 6.07. The van der Waals surface area contributed by atoms with E-state index < -0.39 is 5.60 Å². The number of aliphatic hydroxyl groups is 1. The van der Waals surface area contributed by atoms with Gasteiger partial charge in [-0.25, -0.2) is 0 Å². The highest BCUT2D eigenvalue weighted by Crippen LogP contribution is 2.43. The molecule has 106 valence electrons. The molecule has 0 bridgehead atoms. The summed E-state index contributed by atoms with van der Waals surface area (Å²) in [7, 11) is 0. The minimum Gasteiger partial charge on any atom is -0.486 e. The van der Waals surface area contributed by atoms with Crippen LogP contribution in [0.3, 0.4) is 0 Å². The van der Waals surface area contributed by atoms with Crippen molar-refractivity contribution < 1.29 is 9.84 Å². The summed E-state index contributed by atoms with van der Waals surface area (Å²) >= 11 is 0. The Morgan fingerprint density at radius 1 is 1.10 bits per heavy atom. The molecule has 4 nitrogen and oxygen atoms in total. The molecule has 0 spiro atoms. The number of ether oxygens (including phenoxy) is 1. The van der Waals surface area contributed by atoms with Gasteiger partial charge in [-0.2, -0.15) is 0 Å².